The lowest BCUT2D eigenvalue weighted by atomic mass is 10.1. The molecule has 2 saturated heterocycles. The second kappa shape index (κ2) is 12.5. The molecule has 7 rings (SSSR count). The number of imidazole rings is 2. The first-order valence-electron chi connectivity index (χ1n) is 14.7. The van der Waals surface area contributed by atoms with Gasteiger partial charge in [-0.2, -0.15) is 5.10 Å². The number of fused-ring (bicyclic) bond motifs is 1. The normalized spacial score (nSPS) is 16.0. The Morgan fingerprint density at radius 2 is 1.68 bits per heavy atom. The molecule has 0 bridgehead atoms. The summed E-state index contributed by atoms with van der Waals surface area (Å²) in [5, 5.41) is 7.75. The predicted octanol–water partition coefficient (Wildman–Crippen LogP) is 3.22. The lowest BCUT2D eigenvalue weighted by Gasteiger charge is -2.27. The summed E-state index contributed by atoms with van der Waals surface area (Å²) in [5.41, 5.74) is 4.06. The summed E-state index contributed by atoms with van der Waals surface area (Å²) >= 11 is 0. The predicted molar refractivity (Wildman–Crippen MR) is 162 cm³/mol. The monoisotopic (exact) mass is 597 g/mol. The van der Waals surface area contributed by atoms with Gasteiger partial charge >= 0.3 is 0 Å². The molecular formula is C31H32FN9O3. The first-order valence-corrected chi connectivity index (χ1v) is 14.7. The van der Waals surface area contributed by atoms with Crippen LogP contribution >= 0.6 is 0 Å². The van der Waals surface area contributed by atoms with Gasteiger partial charge in [-0.25, -0.2) is 23.9 Å². The van der Waals surface area contributed by atoms with E-state index in [1.165, 1.54) is 12.1 Å². The molecule has 6 heterocycles. The standard InChI is InChI=1S/C31H32FN9O3/c32-24-3-1-22(2-4-24)29-30(40(21-34-29)10-9-38-11-15-43-16-12-38)25-5-6-27-35-26(20-41(27)37-25)36-31(42)23-7-8-33-28(19-23)39-13-17-44-18-14-39/h1-8,19-21H,9-18H2,(H,36,42). The van der Waals surface area contributed by atoms with Crippen LogP contribution in [0.15, 0.2) is 67.3 Å². The molecule has 2 aliphatic heterocycles. The summed E-state index contributed by atoms with van der Waals surface area (Å²) in [4.78, 5) is 31.3. The molecule has 2 fully saturated rings. The van der Waals surface area contributed by atoms with Crippen molar-refractivity contribution in [2.75, 3.05) is 69.4 Å². The van der Waals surface area contributed by atoms with Crippen molar-refractivity contribution in [3.63, 3.8) is 0 Å². The number of amides is 1. The van der Waals surface area contributed by atoms with E-state index in [1.54, 1.807) is 47.5 Å². The third-order valence-electron chi connectivity index (χ3n) is 7.86. The summed E-state index contributed by atoms with van der Waals surface area (Å²) in [5.74, 6) is 0.525. The molecule has 0 saturated carbocycles. The Kier molecular flexibility index (Phi) is 7.97. The number of nitrogens with one attached hydrogen (secondary N) is 1. The lowest BCUT2D eigenvalue weighted by molar-refractivity contribution is 0.0364. The SMILES string of the molecule is O=C(Nc1cn2nc(-c3c(-c4ccc(F)cc4)ncn3CCN3CCOCC3)ccc2n1)c1ccnc(N2CCOCC2)c1. The molecule has 12 nitrogen and oxygen atoms in total. The molecule has 2 aliphatic rings. The fraction of sp³-hybridized carbons (Fsp3) is 0.323. The molecule has 4 aromatic heterocycles. The van der Waals surface area contributed by atoms with Crippen LogP contribution in [0, 0.1) is 5.82 Å². The summed E-state index contributed by atoms with van der Waals surface area (Å²) in [6.45, 7) is 7.49. The molecule has 5 aromatic rings. The fourth-order valence-corrected chi connectivity index (χ4v) is 5.50. The van der Waals surface area contributed by atoms with Crippen LogP contribution in [0.2, 0.25) is 0 Å². The summed E-state index contributed by atoms with van der Waals surface area (Å²) in [6.07, 6.45) is 5.13. The molecule has 13 heteroatoms. The van der Waals surface area contributed by atoms with E-state index in [4.69, 9.17) is 19.6 Å². The molecule has 1 N–H and O–H groups in total. The maximum Gasteiger partial charge on any atom is 0.257 e. The van der Waals surface area contributed by atoms with Crippen LogP contribution in [0.4, 0.5) is 16.0 Å². The van der Waals surface area contributed by atoms with Crippen molar-refractivity contribution in [2.24, 2.45) is 0 Å². The zero-order valence-electron chi connectivity index (χ0n) is 24.1. The lowest BCUT2D eigenvalue weighted by Crippen LogP contribution is -2.38. The Hall–Kier alpha value is -4.72. The van der Waals surface area contributed by atoms with Crippen LogP contribution in [0.1, 0.15) is 10.4 Å². The molecule has 0 spiro atoms. The van der Waals surface area contributed by atoms with Gasteiger partial charge in [0.2, 0.25) is 0 Å². The van der Waals surface area contributed by atoms with Crippen LogP contribution in [-0.2, 0) is 16.0 Å². The van der Waals surface area contributed by atoms with E-state index in [1.807, 2.05) is 12.1 Å². The number of aromatic nitrogens is 6. The summed E-state index contributed by atoms with van der Waals surface area (Å²) < 4.78 is 28.4. The number of rotatable bonds is 8. The Morgan fingerprint density at radius 1 is 0.909 bits per heavy atom. The molecule has 1 amide bonds. The van der Waals surface area contributed by atoms with Crippen molar-refractivity contribution in [2.45, 2.75) is 6.54 Å². The molecule has 0 atom stereocenters. The van der Waals surface area contributed by atoms with E-state index in [9.17, 15) is 9.18 Å². The van der Waals surface area contributed by atoms with Crippen molar-refractivity contribution >= 4 is 23.2 Å². The van der Waals surface area contributed by atoms with Crippen LogP contribution in [0.25, 0.3) is 28.3 Å². The number of hydrogen-bond donors (Lipinski definition) is 1. The smallest absolute Gasteiger partial charge is 0.257 e. The van der Waals surface area contributed by atoms with Gasteiger partial charge in [-0.05, 0) is 48.5 Å². The van der Waals surface area contributed by atoms with E-state index in [-0.39, 0.29) is 11.7 Å². The average Bonchev–Trinajstić information content (AvgIpc) is 3.68. The van der Waals surface area contributed by atoms with E-state index in [0.29, 0.717) is 48.2 Å². The van der Waals surface area contributed by atoms with Gasteiger partial charge in [-0.3, -0.25) is 9.69 Å². The minimum absolute atomic E-state index is 0.287. The second-order valence-electron chi connectivity index (χ2n) is 10.7. The molecular weight excluding hydrogens is 565 g/mol. The number of carbonyl (C=O) groups excluding carboxylic acids is 1. The molecule has 44 heavy (non-hydrogen) atoms. The van der Waals surface area contributed by atoms with Crippen LogP contribution in [0.5, 0.6) is 0 Å². The van der Waals surface area contributed by atoms with Crippen LogP contribution < -0.4 is 10.2 Å². The zero-order valence-corrected chi connectivity index (χ0v) is 24.1. The number of morpholine rings is 2. The van der Waals surface area contributed by atoms with Crippen molar-refractivity contribution in [1.29, 1.82) is 0 Å². The number of halogens is 1. The maximum absolute atomic E-state index is 13.7. The van der Waals surface area contributed by atoms with Gasteiger partial charge in [0.25, 0.3) is 5.91 Å². The van der Waals surface area contributed by atoms with Gasteiger partial charge in [0.15, 0.2) is 11.5 Å². The minimum Gasteiger partial charge on any atom is -0.379 e. The highest BCUT2D eigenvalue weighted by molar-refractivity contribution is 6.04. The van der Waals surface area contributed by atoms with Crippen LogP contribution in [0.3, 0.4) is 0 Å². The molecule has 0 aliphatic carbocycles. The number of anilines is 2. The van der Waals surface area contributed by atoms with E-state index < -0.39 is 0 Å². The third kappa shape index (κ3) is 6.02. The van der Waals surface area contributed by atoms with Crippen LogP contribution in [-0.4, -0.2) is 99.1 Å². The van der Waals surface area contributed by atoms with Crippen molar-refractivity contribution in [3.05, 3.63) is 78.6 Å². The third-order valence-corrected chi connectivity index (χ3v) is 7.86. The first kappa shape index (κ1) is 28.1. The second-order valence-corrected chi connectivity index (χ2v) is 10.7. The molecule has 0 radical (unpaired) electrons. The van der Waals surface area contributed by atoms with Gasteiger partial charge < -0.3 is 24.3 Å². The first-order chi connectivity index (χ1) is 21.6. The number of nitrogens with zero attached hydrogens (tertiary/aromatic N) is 8. The van der Waals surface area contributed by atoms with Crippen molar-refractivity contribution in [1.82, 2.24) is 34.0 Å². The Bertz CT molecular complexity index is 1760. The van der Waals surface area contributed by atoms with Crippen molar-refractivity contribution in [3.8, 4) is 22.6 Å². The number of hydrogen-bond acceptors (Lipinski definition) is 9. The fourth-order valence-electron chi connectivity index (χ4n) is 5.50. The molecule has 0 unspecified atom stereocenters. The zero-order chi connectivity index (χ0) is 29.9. The number of carbonyl (C=O) groups is 1. The molecule has 1 aromatic carbocycles. The van der Waals surface area contributed by atoms with Gasteiger partial charge in [0.05, 0.1) is 50.3 Å². The van der Waals surface area contributed by atoms with Gasteiger partial charge in [-0.1, -0.05) is 0 Å². The Labute approximate surface area is 253 Å². The Balaban J connectivity index is 1.15. The largest absolute Gasteiger partial charge is 0.379 e. The van der Waals surface area contributed by atoms with E-state index in [2.05, 4.69) is 29.7 Å². The summed E-state index contributed by atoms with van der Waals surface area (Å²) in [7, 11) is 0. The van der Waals surface area contributed by atoms with E-state index >= 15 is 0 Å². The summed E-state index contributed by atoms with van der Waals surface area (Å²) in [6, 6.07) is 13.5. The van der Waals surface area contributed by atoms with Crippen molar-refractivity contribution < 1.29 is 18.7 Å². The highest BCUT2D eigenvalue weighted by Gasteiger charge is 2.20. The highest BCUT2D eigenvalue weighted by atomic mass is 19.1. The highest BCUT2D eigenvalue weighted by Crippen LogP contribution is 2.31. The molecule has 226 valence electrons. The Morgan fingerprint density at radius 3 is 2.48 bits per heavy atom. The number of benzene rings is 1. The minimum atomic E-state index is -0.307. The average molecular weight is 598 g/mol. The topological polar surface area (TPSA) is 115 Å². The quantitative estimate of drug-likeness (QED) is 0.288. The van der Waals surface area contributed by atoms with Gasteiger partial charge in [0.1, 0.15) is 17.3 Å². The number of ether oxygens (including phenoxy) is 2. The number of pyridine rings is 1. The van der Waals surface area contributed by atoms with Gasteiger partial charge in [-0.15, -0.1) is 0 Å². The van der Waals surface area contributed by atoms with Gasteiger partial charge in [0, 0.05) is 56.6 Å². The van der Waals surface area contributed by atoms with E-state index in [0.717, 1.165) is 63.0 Å². The maximum atomic E-state index is 13.7.